The molecule has 0 saturated carbocycles. The largest absolute Gasteiger partial charge is 0.384 e. The quantitative estimate of drug-likeness (QED) is 0.867. The minimum atomic E-state index is 0.422. The van der Waals surface area contributed by atoms with Gasteiger partial charge in [0, 0.05) is 11.3 Å². The molecule has 0 aromatic carbocycles. The summed E-state index contributed by atoms with van der Waals surface area (Å²) in [5, 5.41) is 3.45. The highest BCUT2D eigenvalue weighted by Gasteiger charge is 2.18. The van der Waals surface area contributed by atoms with Crippen molar-refractivity contribution in [2.24, 2.45) is 11.8 Å². The van der Waals surface area contributed by atoms with Crippen molar-refractivity contribution in [3.63, 3.8) is 0 Å². The van der Waals surface area contributed by atoms with Crippen LogP contribution in [0.15, 0.2) is 18.3 Å². The monoisotopic (exact) mass is 244 g/mol. The van der Waals surface area contributed by atoms with Crippen LogP contribution >= 0.6 is 0 Å². The number of nitrogens with zero attached hydrogens (tertiary/aromatic N) is 1. The fourth-order valence-corrected chi connectivity index (χ4v) is 2.49. The lowest BCUT2D eigenvalue weighted by Gasteiger charge is -2.25. The van der Waals surface area contributed by atoms with Gasteiger partial charge in [-0.1, -0.05) is 33.8 Å². The summed E-state index contributed by atoms with van der Waals surface area (Å²) in [6.45, 7) is 9.00. The molecular weight excluding hydrogens is 220 g/mol. The van der Waals surface area contributed by atoms with Crippen molar-refractivity contribution in [3.8, 4) is 0 Å². The summed E-state index contributed by atoms with van der Waals surface area (Å²) in [6, 6.07) is 4.86. The summed E-state index contributed by atoms with van der Waals surface area (Å²) < 4.78 is 0. The van der Waals surface area contributed by atoms with Crippen molar-refractivity contribution in [2.75, 3.05) is 0 Å². The lowest BCUT2D eigenvalue weighted by atomic mass is 9.93. The van der Waals surface area contributed by atoms with Crippen LogP contribution in [-0.4, -0.2) is 4.98 Å². The van der Waals surface area contributed by atoms with E-state index in [9.17, 15) is 0 Å². The zero-order valence-electron chi connectivity index (χ0n) is 11.9. The van der Waals surface area contributed by atoms with Gasteiger partial charge in [-0.15, -0.1) is 0 Å². The molecule has 1 aliphatic rings. The number of nitrogens with one attached hydrogen (secondary N) is 1. The summed E-state index contributed by atoms with van der Waals surface area (Å²) in [6.07, 6.45) is 6.35. The molecule has 0 saturated heterocycles. The number of pyridine rings is 1. The van der Waals surface area contributed by atoms with E-state index in [-0.39, 0.29) is 0 Å². The van der Waals surface area contributed by atoms with Crippen molar-refractivity contribution < 1.29 is 0 Å². The summed E-state index contributed by atoms with van der Waals surface area (Å²) in [4.78, 5) is 4.78. The third-order valence-electron chi connectivity index (χ3n) is 3.25. The maximum Gasteiger partial charge on any atom is 0.0700 e. The van der Waals surface area contributed by atoms with Crippen LogP contribution in [0, 0.1) is 11.8 Å². The van der Waals surface area contributed by atoms with Crippen molar-refractivity contribution in [1.29, 1.82) is 0 Å². The Morgan fingerprint density at radius 1 is 1.17 bits per heavy atom. The zero-order valence-corrected chi connectivity index (χ0v) is 11.9. The Morgan fingerprint density at radius 2 is 1.94 bits per heavy atom. The molecule has 1 unspecified atom stereocenters. The van der Waals surface area contributed by atoms with E-state index in [1.807, 2.05) is 6.20 Å². The van der Waals surface area contributed by atoms with Gasteiger partial charge in [-0.3, -0.25) is 4.98 Å². The van der Waals surface area contributed by atoms with E-state index in [1.165, 1.54) is 11.3 Å². The van der Waals surface area contributed by atoms with Gasteiger partial charge in [0.25, 0.3) is 0 Å². The van der Waals surface area contributed by atoms with Crippen LogP contribution in [0.2, 0.25) is 0 Å². The van der Waals surface area contributed by atoms with E-state index >= 15 is 0 Å². The fraction of sp³-hybridized carbons (Fsp3) is 0.562. The first-order valence-corrected chi connectivity index (χ1v) is 6.98. The Kier molecular flexibility index (Phi) is 4.05. The smallest absolute Gasteiger partial charge is 0.0700 e. The van der Waals surface area contributed by atoms with Crippen molar-refractivity contribution in [3.05, 3.63) is 35.3 Å². The average Bonchev–Trinajstić information content (AvgIpc) is 2.27. The molecule has 18 heavy (non-hydrogen) atoms. The standard InChI is InChI=1S/C16H24N2/c1-11(2)9-13-5-6-14-15(18-13)7-8-17-16(14)10-12(3)4/h5-8,11-12,16-17H,9-10H2,1-4H3. The Hall–Kier alpha value is -1.31. The molecule has 98 valence electrons. The number of hydrogen-bond donors (Lipinski definition) is 1. The molecule has 0 aliphatic carbocycles. The summed E-state index contributed by atoms with van der Waals surface area (Å²) >= 11 is 0. The molecular formula is C16H24N2. The summed E-state index contributed by atoms with van der Waals surface area (Å²) in [5.41, 5.74) is 3.70. The molecule has 1 N–H and O–H groups in total. The summed E-state index contributed by atoms with van der Waals surface area (Å²) in [5.74, 6) is 1.35. The van der Waals surface area contributed by atoms with Gasteiger partial charge >= 0.3 is 0 Å². The molecule has 1 aromatic rings. The molecule has 1 aliphatic heterocycles. The van der Waals surface area contributed by atoms with Gasteiger partial charge in [0.2, 0.25) is 0 Å². The number of hydrogen-bond acceptors (Lipinski definition) is 2. The van der Waals surface area contributed by atoms with Crippen LogP contribution in [0.4, 0.5) is 0 Å². The molecule has 0 spiro atoms. The predicted molar refractivity (Wildman–Crippen MR) is 77.1 cm³/mol. The first-order chi connectivity index (χ1) is 8.56. The maximum atomic E-state index is 4.78. The molecule has 0 bridgehead atoms. The van der Waals surface area contributed by atoms with Gasteiger partial charge in [-0.25, -0.2) is 0 Å². The number of aromatic nitrogens is 1. The number of fused-ring (bicyclic) bond motifs is 1. The molecule has 0 amide bonds. The van der Waals surface area contributed by atoms with Gasteiger partial charge in [0.05, 0.1) is 11.7 Å². The minimum absolute atomic E-state index is 0.422. The zero-order chi connectivity index (χ0) is 13.1. The SMILES string of the molecule is CC(C)Cc1ccc2c(n1)C=CNC2CC(C)C. The maximum absolute atomic E-state index is 4.78. The molecule has 2 heterocycles. The van der Waals surface area contributed by atoms with Gasteiger partial charge in [0.1, 0.15) is 0 Å². The van der Waals surface area contributed by atoms with Crippen LogP contribution in [0.25, 0.3) is 6.08 Å². The second-order valence-corrected chi connectivity index (χ2v) is 6.06. The van der Waals surface area contributed by atoms with Crippen molar-refractivity contribution in [1.82, 2.24) is 10.3 Å². The first-order valence-electron chi connectivity index (χ1n) is 6.98. The molecule has 0 radical (unpaired) electrons. The highest BCUT2D eigenvalue weighted by Crippen LogP contribution is 2.27. The van der Waals surface area contributed by atoms with Gasteiger partial charge in [-0.05, 0) is 43.0 Å². The fourth-order valence-electron chi connectivity index (χ4n) is 2.49. The normalized spacial score (nSPS) is 18.0. The van der Waals surface area contributed by atoms with E-state index in [1.54, 1.807) is 0 Å². The minimum Gasteiger partial charge on any atom is -0.384 e. The Balaban J connectivity index is 2.23. The predicted octanol–water partition coefficient (Wildman–Crippen LogP) is 3.94. The summed E-state index contributed by atoms with van der Waals surface area (Å²) in [7, 11) is 0. The second kappa shape index (κ2) is 5.55. The van der Waals surface area contributed by atoms with Crippen LogP contribution in [-0.2, 0) is 6.42 Å². The number of rotatable bonds is 4. The second-order valence-electron chi connectivity index (χ2n) is 6.06. The third kappa shape index (κ3) is 3.12. The molecule has 2 rings (SSSR count). The van der Waals surface area contributed by atoms with Crippen molar-refractivity contribution in [2.45, 2.75) is 46.6 Å². The molecule has 2 nitrogen and oxygen atoms in total. The lowest BCUT2D eigenvalue weighted by molar-refractivity contribution is 0.464. The van der Waals surface area contributed by atoms with Gasteiger partial charge in [0.15, 0.2) is 0 Å². The Morgan fingerprint density at radius 3 is 2.61 bits per heavy atom. The lowest BCUT2D eigenvalue weighted by Crippen LogP contribution is -2.22. The first kappa shape index (κ1) is 13.1. The Bertz CT molecular complexity index is 433. The molecule has 1 aromatic heterocycles. The van der Waals surface area contributed by atoms with Crippen molar-refractivity contribution >= 4 is 6.08 Å². The highest BCUT2D eigenvalue weighted by atomic mass is 14.9. The van der Waals surface area contributed by atoms with Gasteiger partial charge in [-0.2, -0.15) is 0 Å². The van der Waals surface area contributed by atoms with E-state index in [2.05, 4.69) is 51.2 Å². The van der Waals surface area contributed by atoms with Crippen LogP contribution in [0.1, 0.15) is 57.1 Å². The van der Waals surface area contributed by atoms with E-state index in [0.29, 0.717) is 17.9 Å². The van der Waals surface area contributed by atoms with Gasteiger partial charge < -0.3 is 5.32 Å². The van der Waals surface area contributed by atoms with Crippen LogP contribution in [0.5, 0.6) is 0 Å². The van der Waals surface area contributed by atoms with E-state index in [4.69, 9.17) is 4.98 Å². The Labute approximate surface area is 111 Å². The van der Waals surface area contributed by atoms with Crippen LogP contribution in [0.3, 0.4) is 0 Å². The molecule has 1 atom stereocenters. The third-order valence-corrected chi connectivity index (χ3v) is 3.25. The van der Waals surface area contributed by atoms with Crippen LogP contribution < -0.4 is 5.32 Å². The highest BCUT2D eigenvalue weighted by molar-refractivity contribution is 5.53. The van der Waals surface area contributed by atoms with E-state index in [0.717, 1.165) is 18.5 Å². The average molecular weight is 244 g/mol. The molecule has 2 heteroatoms. The topological polar surface area (TPSA) is 24.9 Å². The van der Waals surface area contributed by atoms with E-state index < -0.39 is 0 Å². The molecule has 0 fully saturated rings.